The van der Waals surface area contributed by atoms with Crippen LogP contribution in [0.3, 0.4) is 0 Å². The molecule has 0 saturated carbocycles. The summed E-state index contributed by atoms with van der Waals surface area (Å²) in [7, 11) is 0. The van der Waals surface area contributed by atoms with Crippen LogP contribution in [0.1, 0.15) is 29.8 Å². The minimum atomic E-state index is -0.227. The summed E-state index contributed by atoms with van der Waals surface area (Å²) in [6, 6.07) is 5.68. The Balaban J connectivity index is 1.78. The van der Waals surface area contributed by atoms with Crippen LogP contribution in [0.2, 0.25) is 0 Å². The fraction of sp³-hybridized carbons (Fsp3) is 0.538. The number of pyridine rings is 1. The average molecular weight is 247 g/mol. The van der Waals surface area contributed by atoms with E-state index >= 15 is 0 Å². The standard InChI is InChI=1S/C13H17N3O2/c17-12-3-1-2-11(15-12)13(18)16-7-6-9-4-5-10(8-16)14-9/h1-3,9-10,14H,4-8H2,(H,15,17). The quantitative estimate of drug-likeness (QED) is 0.752. The molecule has 1 aromatic heterocycles. The molecule has 1 aromatic rings. The van der Waals surface area contributed by atoms with E-state index in [0.717, 1.165) is 25.9 Å². The van der Waals surface area contributed by atoms with Crippen LogP contribution < -0.4 is 10.9 Å². The average Bonchev–Trinajstić information content (AvgIpc) is 2.68. The summed E-state index contributed by atoms with van der Waals surface area (Å²) in [4.78, 5) is 28.0. The van der Waals surface area contributed by atoms with Gasteiger partial charge in [-0.05, 0) is 25.3 Å². The van der Waals surface area contributed by atoms with E-state index in [1.807, 2.05) is 4.90 Å². The zero-order valence-corrected chi connectivity index (χ0v) is 10.2. The van der Waals surface area contributed by atoms with Gasteiger partial charge in [-0.2, -0.15) is 0 Å². The van der Waals surface area contributed by atoms with Crippen LogP contribution in [-0.4, -0.2) is 41.0 Å². The van der Waals surface area contributed by atoms with Crippen LogP contribution in [0.4, 0.5) is 0 Å². The van der Waals surface area contributed by atoms with Crippen LogP contribution in [0.25, 0.3) is 0 Å². The number of carbonyl (C=O) groups is 1. The first kappa shape index (κ1) is 11.5. The van der Waals surface area contributed by atoms with Crippen LogP contribution in [-0.2, 0) is 0 Å². The highest BCUT2D eigenvalue weighted by molar-refractivity contribution is 5.92. The molecule has 2 unspecified atom stereocenters. The number of aromatic nitrogens is 1. The maximum Gasteiger partial charge on any atom is 0.270 e. The van der Waals surface area contributed by atoms with Gasteiger partial charge >= 0.3 is 0 Å². The number of amides is 1. The molecule has 3 rings (SSSR count). The predicted octanol–water partition coefficient (Wildman–Crippen LogP) is 0.341. The Kier molecular flexibility index (Phi) is 2.91. The third-order valence-electron chi connectivity index (χ3n) is 3.81. The molecule has 96 valence electrons. The molecule has 2 fully saturated rings. The third kappa shape index (κ3) is 2.18. The lowest BCUT2D eigenvalue weighted by atomic mass is 10.1. The van der Waals surface area contributed by atoms with E-state index in [1.165, 1.54) is 12.5 Å². The first-order chi connectivity index (χ1) is 8.72. The van der Waals surface area contributed by atoms with Gasteiger partial charge in [-0.15, -0.1) is 0 Å². The number of hydrogen-bond donors (Lipinski definition) is 2. The Morgan fingerprint density at radius 3 is 2.89 bits per heavy atom. The van der Waals surface area contributed by atoms with E-state index in [-0.39, 0.29) is 11.5 Å². The van der Waals surface area contributed by atoms with Crippen molar-refractivity contribution in [2.45, 2.75) is 31.3 Å². The Morgan fingerprint density at radius 2 is 2.06 bits per heavy atom. The summed E-state index contributed by atoms with van der Waals surface area (Å²) in [6.45, 7) is 1.51. The van der Waals surface area contributed by atoms with E-state index in [0.29, 0.717) is 17.8 Å². The second kappa shape index (κ2) is 4.57. The Labute approximate surface area is 105 Å². The molecule has 5 heteroatoms. The number of fused-ring (bicyclic) bond motifs is 2. The second-order valence-electron chi connectivity index (χ2n) is 5.11. The molecule has 0 aliphatic carbocycles. The summed E-state index contributed by atoms with van der Waals surface area (Å²) >= 11 is 0. The van der Waals surface area contributed by atoms with Crippen molar-refractivity contribution in [1.82, 2.24) is 15.2 Å². The maximum atomic E-state index is 12.3. The van der Waals surface area contributed by atoms with Gasteiger partial charge in [-0.3, -0.25) is 9.59 Å². The minimum Gasteiger partial charge on any atom is -0.336 e. The zero-order chi connectivity index (χ0) is 12.5. The van der Waals surface area contributed by atoms with Gasteiger partial charge in [0.1, 0.15) is 5.69 Å². The van der Waals surface area contributed by atoms with Gasteiger partial charge in [-0.25, -0.2) is 0 Å². The van der Waals surface area contributed by atoms with Crippen molar-refractivity contribution in [2.24, 2.45) is 0 Å². The molecule has 2 aliphatic heterocycles. The van der Waals surface area contributed by atoms with Gasteiger partial charge in [-0.1, -0.05) is 6.07 Å². The van der Waals surface area contributed by atoms with Gasteiger partial charge in [0.2, 0.25) is 5.56 Å². The van der Waals surface area contributed by atoms with Gasteiger partial charge in [0.25, 0.3) is 5.91 Å². The molecule has 2 aliphatic rings. The highest BCUT2D eigenvalue weighted by Crippen LogP contribution is 2.21. The van der Waals surface area contributed by atoms with Crippen molar-refractivity contribution in [1.29, 1.82) is 0 Å². The van der Waals surface area contributed by atoms with Crippen LogP contribution >= 0.6 is 0 Å². The number of nitrogens with zero attached hydrogens (tertiary/aromatic N) is 1. The van der Waals surface area contributed by atoms with Crippen molar-refractivity contribution in [3.8, 4) is 0 Å². The van der Waals surface area contributed by atoms with Gasteiger partial charge < -0.3 is 15.2 Å². The normalized spacial score (nSPS) is 27.0. The Bertz CT molecular complexity index is 511. The number of likely N-dealkylation sites (tertiary alicyclic amines) is 1. The van der Waals surface area contributed by atoms with E-state index in [4.69, 9.17) is 0 Å². The zero-order valence-electron chi connectivity index (χ0n) is 10.2. The topological polar surface area (TPSA) is 65.2 Å². The lowest BCUT2D eigenvalue weighted by Crippen LogP contribution is -2.39. The molecule has 0 radical (unpaired) electrons. The monoisotopic (exact) mass is 247 g/mol. The molecule has 1 amide bonds. The molecule has 18 heavy (non-hydrogen) atoms. The molecule has 2 atom stereocenters. The molecule has 5 nitrogen and oxygen atoms in total. The van der Waals surface area contributed by atoms with Gasteiger partial charge in [0, 0.05) is 31.2 Å². The number of carbonyl (C=O) groups excluding carboxylic acids is 1. The van der Waals surface area contributed by atoms with Crippen molar-refractivity contribution >= 4 is 5.91 Å². The van der Waals surface area contributed by atoms with E-state index in [9.17, 15) is 9.59 Å². The van der Waals surface area contributed by atoms with E-state index in [1.54, 1.807) is 12.1 Å². The number of hydrogen-bond acceptors (Lipinski definition) is 3. The molecule has 3 heterocycles. The van der Waals surface area contributed by atoms with Crippen molar-refractivity contribution in [3.63, 3.8) is 0 Å². The predicted molar refractivity (Wildman–Crippen MR) is 67.5 cm³/mol. The van der Waals surface area contributed by atoms with Crippen molar-refractivity contribution in [3.05, 3.63) is 34.2 Å². The second-order valence-corrected chi connectivity index (χ2v) is 5.11. The summed E-state index contributed by atoms with van der Waals surface area (Å²) in [5, 5.41) is 3.53. The number of rotatable bonds is 1. The van der Waals surface area contributed by atoms with Crippen LogP contribution in [0, 0.1) is 0 Å². The third-order valence-corrected chi connectivity index (χ3v) is 3.81. The summed E-state index contributed by atoms with van der Waals surface area (Å²) in [5.74, 6) is -0.0675. The first-order valence-electron chi connectivity index (χ1n) is 6.47. The molecule has 0 spiro atoms. The number of H-pyrrole nitrogens is 1. The van der Waals surface area contributed by atoms with Crippen molar-refractivity contribution < 1.29 is 4.79 Å². The van der Waals surface area contributed by atoms with E-state index < -0.39 is 0 Å². The largest absolute Gasteiger partial charge is 0.336 e. The Morgan fingerprint density at radius 1 is 1.22 bits per heavy atom. The summed E-state index contributed by atoms with van der Waals surface area (Å²) < 4.78 is 0. The van der Waals surface area contributed by atoms with Crippen molar-refractivity contribution in [2.75, 3.05) is 13.1 Å². The minimum absolute atomic E-state index is 0.0675. The maximum absolute atomic E-state index is 12.3. The fourth-order valence-corrected chi connectivity index (χ4v) is 2.87. The SMILES string of the molecule is O=C(c1cccc(=O)[nH]1)N1CCC2CCC(C1)N2. The lowest BCUT2D eigenvalue weighted by Gasteiger charge is -2.24. The Hall–Kier alpha value is -1.62. The van der Waals surface area contributed by atoms with Gasteiger partial charge in [0.05, 0.1) is 0 Å². The van der Waals surface area contributed by atoms with Crippen LogP contribution in [0.15, 0.2) is 23.0 Å². The molecule has 0 aromatic carbocycles. The van der Waals surface area contributed by atoms with Crippen LogP contribution in [0.5, 0.6) is 0 Å². The fourth-order valence-electron chi connectivity index (χ4n) is 2.87. The smallest absolute Gasteiger partial charge is 0.270 e. The molecular formula is C13H17N3O2. The number of nitrogens with one attached hydrogen (secondary N) is 2. The molecule has 2 bridgehead atoms. The first-order valence-corrected chi connectivity index (χ1v) is 6.47. The molecule has 2 N–H and O–H groups in total. The van der Waals surface area contributed by atoms with Gasteiger partial charge in [0.15, 0.2) is 0 Å². The van der Waals surface area contributed by atoms with E-state index in [2.05, 4.69) is 10.3 Å². The highest BCUT2D eigenvalue weighted by Gasteiger charge is 2.31. The molecular weight excluding hydrogens is 230 g/mol. The number of aromatic amines is 1. The summed E-state index contributed by atoms with van der Waals surface area (Å²) in [6.07, 6.45) is 3.36. The highest BCUT2D eigenvalue weighted by atomic mass is 16.2. The lowest BCUT2D eigenvalue weighted by molar-refractivity contribution is 0.0742. The summed E-state index contributed by atoms with van der Waals surface area (Å²) in [5.41, 5.74) is 0.163. The molecule has 2 saturated heterocycles.